The van der Waals surface area contributed by atoms with E-state index in [0.29, 0.717) is 0 Å². The molecule has 3 amide bonds. The fraction of sp³-hybridized carbons (Fsp3) is 0.520. The number of hydrazine groups is 1. The third-order valence-electron chi connectivity index (χ3n) is 7.90. The number of benzene rings is 1. The van der Waals surface area contributed by atoms with Gasteiger partial charge in [0.1, 0.15) is 5.69 Å². The standard InChI is InChI=1S/C25H31N5O3/c26-19(5-6-22(27)31)23(32)29-30-24(33)21-10-18(17-3-1-2-4-20(17)28-21)25-11-14-7-15(12-25)9-16(8-14)13-25/h1-4,10,14-16,19H,5-9,11-13,26H2,(H2,27,31)(H,29,32)(H,30,33)/t14?,15?,16?,19-,25?/m0/s1. The first-order chi connectivity index (χ1) is 15.8. The highest BCUT2D eigenvalue weighted by molar-refractivity contribution is 5.97. The van der Waals surface area contributed by atoms with Gasteiger partial charge in [0.05, 0.1) is 11.6 Å². The van der Waals surface area contributed by atoms with Crippen LogP contribution in [0.4, 0.5) is 0 Å². The highest BCUT2D eigenvalue weighted by Gasteiger charge is 2.52. The van der Waals surface area contributed by atoms with Crippen LogP contribution in [0.15, 0.2) is 30.3 Å². The van der Waals surface area contributed by atoms with Gasteiger partial charge in [-0.25, -0.2) is 4.98 Å². The molecule has 4 fully saturated rings. The fourth-order valence-corrected chi connectivity index (χ4v) is 6.87. The quantitative estimate of drug-likeness (QED) is 0.500. The molecule has 1 atom stereocenters. The third-order valence-corrected chi connectivity index (χ3v) is 7.90. The zero-order valence-corrected chi connectivity index (χ0v) is 18.7. The first kappa shape index (κ1) is 21.8. The van der Waals surface area contributed by atoms with Crippen LogP contribution < -0.4 is 22.3 Å². The van der Waals surface area contributed by atoms with Crippen LogP contribution in [0, 0.1) is 17.8 Å². The van der Waals surface area contributed by atoms with Crippen molar-refractivity contribution in [1.82, 2.24) is 15.8 Å². The predicted octanol–water partition coefficient (Wildman–Crippen LogP) is 2.06. The Bertz CT molecular complexity index is 1080. The maximum absolute atomic E-state index is 13.0. The second kappa shape index (κ2) is 8.41. The normalized spacial score (nSPS) is 28.5. The van der Waals surface area contributed by atoms with Crippen LogP contribution >= 0.6 is 0 Å². The van der Waals surface area contributed by atoms with E-state index in [9.17, 15) is 14.4 Å². The topological polar surface area (TPSA) is 140 Å². The van der Waals surface area contributed by atoms with Gasteiger partial charge in [0, 0.05) is 11.8 Å². The number of rotatable bonds is 6. The lowest BCUT2D eigenvalue weighted by atomic mass is 9.48. The highest BCUT2D eigenvalue weighted by atomic mass is 16.2. The van der Waals surface area contributed by atoms with Gasteiger partial charge in [-0.3, -0.25) is 25.2 Å². The van der Waals surface area contributed by atoms with E-state index in [1.54, 1.807) is 0 Å². The van der Waals surface area contributed by atoms with Crippen LogP contribution in [0.3, 0.4) is 0 Å². The maximum Gasteiger partial charge on any atom is 0.288 e. The number of nitrogens with zero attached hydrogens (tertiary/aromatic N) is 1. The monoisotopic (exact) mass is 449 g/mol. The largest absolute Gasteiger partial charge is 0.370 e. The number of aromatic nitrogens is 1. The summed E-state index contributed by atoms with van der Waals surface area (Å²) in [4.78, 5) is 40.6. The smallest absolute Gasteiger partial charge is 0.288 e. The Hall–Kier alpha value is -3.00. The number of pyridine rings is 1. The van der Waals surface area contributed by atoms with Crippen LogP contribution in [0.5, 0.6) is 0 Å². The van der Waals surface area contributed by atoms with Gasteiger partial charge in [0.2, 0.25) is 5.91 Å². The lowest BCUT2D eigenvalue weighted by molar-refractivity contribution is -0.123. The molecule has 4 saturated carbocycles. The van der Waals surface area contributed by atoms with Crippen molar-refractivity contribution in [3.63, 3.8) is 0 Å². The minimum atomic E-state index is -0.940. The number of primary amides is 1. The second-order valence-electron chi connectivity index (χ2n) is 10.3. The molecule has 0 saturated heterocycles. The molecule has 0 spiro atoms. The van der Waals surface area contributed by atoms with Crippen molar-refractivity contribution in [2.75, 3.05) is 0 Å². The number of nitrogens with two attached hydrogens (primary N) is 2. The third kappa shape index (κ3) is 4.19. The van der Waals surface area contributed by atoms with Crippen LogP contribution in [-0.4, -0.2) is 28.7 Å². The SMILES string of the molecule is NC(=O)CC[C@H](N)C(=O)NNC(=O)c1cc(C23CC4CC(CC(C4)C2)C3)c2ccccc2n1. The molecule has 33 heavy (non-hydrogen) atoms. The molecule has 4 aliphatic carbocycles. The van der Waals surface area contributed by atoms with Crippen molar-refractivity contribution in [1.29, 1.82) is 0 Å². The number of amides is 3. The molecular weight excluding hydrogens is 418 g/mol. The van der Waals surface area contributed by atoms with Crippen LogP contribution in [0.1, 0.15) is 67.4 Å². The van der Waals surface area contributed by atoms with E-state index in [1.807, 2.05) is 24.3 Å². The van der Waals surface area contributed by atoms with Gasteiger partial charge in [0.15, 0.2) is 0 Å². The Morgan fingerprint density at radius 2 is 1.67 bits per heavy atom. The van der Waals surface area contributed by atoms with Gasteiger partial charge in [-0.15, -0.1) is 0 Å². The average molecular weight is 450 g/mol. The fourth-order valence-electron chi connectivity index (χ4n) is 6.87. The van der Waals surface area contributed by atoms with Crippen LogP contribution in [0.25, 0.3) is 10.9 Å². The molecule has 4 bridgehead atoms. The lowest BCUT2D eigenvalue weighted by Gasteiger charge is -2.57. The van der Waals surface area contributed by atoms with E-state index in [2.05, 4.69) is 21.9 Å². The molecule has 6 rings (SSSR count). The number of nitrogens with one attached hydrogen (secondary N) is 2. The maximum atomic E-state index is 13.0. The van der Waals surface area contributed by atoms with Crippen LogP contribution in [-0.2, 0) is 15.0 Å². The molecule has 8 heteroatoms. The minimum Gasteiger partial charge on any atom is -0.370 e. The van der Waals surface area contributed by atoms with Gasteiger partial charge in [-0.05, 0) is 85.8 Å². The summed E-state index contributed by atoms with van der Waals surface area (Å²) >= 11 is 0. The summed E-state index contributed by atoms with van der Waals surface area (Å²) in [5, 5.41) is 1.12. The number of carbonyl (C=O) groups is 3. The molecule has 4 aliphatic rings. The van der Waals surface area contributed by atoms with Gasteiger partial charge in [0.25, 0.3) is 11.8 Å². The molecule has 2 aromatic rings. The summed E-state index contributed by atoms with van der Waals surface area (Å²) in [5.74, 6) is 0.749. The van der Waals surface area contributed by atoms with Crippen molar-refractivity contribution >= 4 is 28.6 Å². The summed E-state index contributed by atoms with van der Waals surface area (Å²) in [5.41, 5.74) is 18.1. The number of fused-ring (bicyclic) bond motifs is 1. The number of para-hydroxylation sites is 1. The molecule has 8 nitrogen and oxygen atoms in total. The van der Waals surface area contributed by atoms with Crippen molar-refractivity contribution in [2.24, 2.45) is 29.2 Å². The molecule has 0 radical (unpaired) electrons. The van der Waals surface area contributed by atoms with Gasteiger partial charge >= 0.3 is 0 Å². The summed E-state index contributed by atoms with van der Waals surface area (Å²) in [6.45, 7) is 0. The first-order valence-corrected chi connectivity index (χ1v) is 11.9. The van der Waals surface area contributed by atoms with Crippen molar-refractivity contribution < 1.29 is 14.4 Å². The van der Waals surface area contributed by atoms with E-state index in [4.69, 9.17) is 11.5 Å². The van der Waals surface area contributed by atoms with Crippen molar-refractivity contribution in [2.45, 2.75) is 62.8 Å². The molecule has 0 aliphatic heterocycles. The first-order valence-electron chi connectivity index (χ1n) is 11.9. The highest BCUT2D eigenvalue weighted by Crippen LogP contribution is 2.61. The Balaban J connectivity index is 1.39. The molecule has 174 valence electrons. The zero-order valence-electron chi connectivity index (χ0n) is 18.7. The predicted molar refractivity (Wildman–Crippen MR) is 124 cm³/mol. The van der Waals surface area contributed by atoms with Gasteiger partial charge in [-0.2, -0.15) is 0 Å². The Kier molecular flexibility index (Phi) is 5.56. The second-order valence-corrected chi connectivity index (χ2v) is 10.3. The number of hydrogen-bond donors (Lipinski definition) is 4. The number of hydrogen-bond acceptors (Lipinski definition) is 5. The van der Waals surface area contributed by atoms with E-state index in [-0.39, 0.29) is 24.0 Å². The summed E-state index contributed by atoms with van der Waals surface area (Å²) in [7, 11) is 0. The van der Waals surface area contributed by atoms with Gasteiger partial charge < -0.3 is 11.5 Å². The molecule has 1 aromatic heterocycles. The molecule has 6 N–H and O–H groups in total. The lowest BCUT2D eigenvalue weighted by Crippen LogP contribution is -2.50. The van der Waals surface area contributed by atoms with E-state index >= 15 is 0 Å². The van der Waals surface area contributed by atoms with E-state index in [0.717, 1.165) is 28.7 Å². The summed E-state index contributed by atoms with van der Waals surface area (Å²) < 4.78 is 0. The minimum absolute atomic E-state index is 0.00316. The van der Waals surface area contributed by atoms with E-state index < -0.39 is 23.8 Å². The molecule has 0 unspecified atom stereocenters. The van der Waals surface area contributed by atoms with Crippen molar-refractivity contribution in [3.8, 4) is 0 Å². The van der Waals surface area contributed by atoms with Gasteiger partial charge in [-0.1, -0.05) is 18.2 Å². The molecule has 1 heterocycles. The van der Waals surface area contributed by atoms with E-state index in [1.165, 1.54) is 44.1 Å². The summed E-state index contributed by atoms with van der Waals surface area (Å²) in [6, 6.07) is 9.00. The molecular formula is C25H31N5O3. The Morgan fingerprint density at radius 3 is 2.30 bits per heavy atom. The average Bonchev–Trinajstić information content (AvgIpc) is 2.79. The number of carbonyl (C=O) groups excluding carboxylic acids is 3. The summed E-state index contributed by atoms with van der Waals surface area (Å²) in [6.07, 6.45) is 7.69. The van der Waals surface area contributed by atoms with Crippen LogP contribution in [0.2, 0.25) is 0 Å². The zero-order chi connectivity index (χ0) is 23.2. The molecule has 1 aromatic carbocycles. The Morgan fingerprint density at radius 1 is 1.03 bits per heavy atom. The Labute approximate surface area is 192 Å². The van der Waals surface area contributed by atoms with Crippen molar-refractivity contribution in [3.05, 3.63) is 41.6 Å².